The predicted molar refractivity (Wildman–Crippen MR) is 76.9 cm³/mol. The van der Waals surface area contributed by atoms with E-state index in [2.05, 4.69) is 10.3 Å². The first kappa shape index (κ1) is 23.5. The third-order valence-electron chi connectivity index (χ3n) is 2.96. The smallest absolute Gasteiger partial charge is 0.746 e. The van der Waals surface area contributed by atoms with Gasteiger partial charge >= 0.3 is 29.6 Å². The molecule has 0 aliphatic heterocycles. The summed E-state index contributed by atoms with van der Waals surface area (Å²) in [7, 11) is -5.19. The van der Waals surface area contributed by atoms with E-state index in [0.29, 0.717) is 0 Å². The van der Waals surface area contributed by atoms with Crippen LogP contribution in [0, 0.1) is 0 Å². The standard InChI is InChI=1S/C11H19N3O8S.Na/c12-6-2-1-3-7(13-6)14-11(23(20,21)22)10(19)9(18)8(17)5(16)4-15;/h1-3,5,8-11,15-19H,4H2,(H3,12,13,14)(H,20,21,22);/q;+1/p-1. The molecule has 0 aromatic carbocycles. The minimum absolute atomic E-state index is 0. The first-order chi connectivity index (χ1) is 10.6. The second-order valence-corrected chi connectivity index (χ2v) is 6.22. The molecule has 132 valence electrons. The predicted octanol–water partition coefficient (Wildman–Crippen LogP) is -6.61. The zero-order valence-corrected chi connectivity index (χ0v) is 15.5. The molecule has 0 amide bonds. The van der Waals surface area contributed by atoms with E-state index in [9.17, 15) is 33.4 Å². The van der Waals surface area contributed by atoms with E-state index >= 15 is 0 Å². The number of hydrogen-bond acceptors (Lipinski definition) is 11. The summed E-state index contributed by atoms with van der Waals surface area (Å²) in [6.07, 6.45) is -8.49. The molecule has 8 N–H and O–H groups in total. The molecule has 13 heteroatoms. The molecule has 24 heavy (non-hydrogen) atoms. The summed E-state index contributed by atoms with van der Waals surface area (Å²) in [6.45, 7) is -0.954. The number of nitrogens with zero attached hydrogens (tertiary/aromatic N) is 1. The third kappa shape index (κ3) is 6.40. The van der Waals surface area contributed by atoms with Crippen molar-refractivity contribution in [1.29, 1.82) is 0 Å². The molecule has 0 fully saturated rings. The SMILES string of the molecule is Nc1cccc(NC(C(O)C(O)C(O)C(O)CO)S(=O)(=O)[O-])n1.[Na+]. The Morgan fingerprint density at radius 2 is 1.75 bits per heavy atom. The third-order valence-corrected chi connectivity index (χ3v) is 3.98. The second-order valence-electron chi connectivity index (χ2n) is 4.73. The Kier molecular flexibility index (Phi) is 9.60. The molecule has 0 aliphatic rings. The molecule has 0 saturated heterocycles. The summed E-state index contributed by atoms with van der Waals surface area (Å²) >= 11 is 0. The number of anilines is 2. The molecule has 5 atom stereocenters. The summed E-state index contributed by atoms with van der Waals surface area (Å²) in [4.78, 5) is 3.68. The average Bonchev–Trinajstić information content (AvgIpc) is 2.48. The summed E-state index contributed by atoms with van der Waals surface area (Å²) in [5, 5.41) is 46.7. The van der Waals surface area contributed by atoms with Gasteiger partial charge in [-0.15, -0.1) is 0 Å². The zero-order valence-electron chi connectivity index (χ0n) is 12.7. The number of nitrogens with two attached hydrogens (primary N) is 1. The summed E-state index contributed by atoms with van der Waals surface area (Å²) in [5.41, 5.74) is 5.39. The molecule has 11 nitrogen and oxygen atoms in total. The van der Waals surface area contributed by atoms with E-state index in [1.807, 2.05) is 0 Å². The minimum atomic E-state index is -5.19. The Labute approximate surface area is 160 Å². The molecule has 1 heterocycles. The number of rotatable bonds is 8. The van der Waals surface area contributed by atoms with Crippen molar-refractivity contribution in [3.05, 3.63) is 18.2 Å². The van der Waals surface area contributed by atoms with Crippen LogP contribution in [0.1, 0.15) is 0 Å². The van der Waals surface area contributed by atoms with E-state index < -0.39 is 46.5 Å². The van der Waals surface area contributed by atoms with Gasteiger partial charge in [-0.1, -0.05) is 6.07 Å². The average molecular weight is 375 g/mol. The Bertz CT molecular complexity index is 619. The number of hydrogen-bond donors (Lipinski definition) is 7. The summed E-state index contributed by atoms with van der Waals surface area (Å²) in [5.74, 6) is -0.166. The van der Waals surface area contributed by atoms with Crippen LogP contribution in [0.2, 0.25) is 0 Å². The van der Waals surface area contributed by atoms with Gasteiger partial charge in [0.2, 0.25) is 0 Å². The first-order valence-corrected chi connectivity index (χ1v) is 7.82. The zero-order chi connectivity index (χ0) is 17.8. The van der Waals surface area contributed by atoms with Gasteiger partial charge in [0.1, 0.15) is 51.5 Å². The molecule has 0 spiro atoms. The van der Waals surface area contributed by atoms with Gasteiger partial charge in [0.25, 0.3) is 0 Å². The van der Waals surface area contributed by atoms with E-state index in [1.54, 1.807) is 0 Å². The number of aromatic nitrogens is 1. The van der Waals surface area contributed by atoms with Gasteiger partial charge in [0.05, 0.1) is 6.61 Å². The van der Waals surface area contributed by atoms with Crippen LogP contribution in [-0.2, 0) is 10.1 Å². The van der Waals surface area contributed by atoms with Gasteiger partial charge in [-0.3, -0.25) is 0 Å². The van der Waals surface area contributed by atoms with E-state index in [1.165, 1.54) is 18.2 Å². The summed E-state index contributed by atoms with van der Waals surface area (Å²) in [6, 6.07) is 4.04. The van der Waals surface area contributed by atoms with Gasteiger partial charge < -0.3 is 41.1 Å². The van der Waals surface area contributed by atoms with Gasteiger partial charge in [-0.2, -0.15) is 0 Å². The maximum absolute atomic E-state index is 11.3. The number of aliphatic hydroxyl groups excluding tert-OH is 5. The van der Waals surface area contributed by atoms with Crippen molar-refractivity contribution < 1.29 is 68.1 Å². The number of pyridine rings is 1. The number of nitrogens with one attached hydrogen (secondary N) is 1. The van der Waals surface area contributed by atoms with Crippen molar-refractivity contribution in [3.63, 3.8) is 0 Å². The monoisotopic (exact) mass is 375 g/mol. The van der Waals surface area contributed by atoms with Gasteiger partial charge in [-0.05, 0) is 12.1 Å². The molecule has 0 saturated carbocycles. The minimum Gasteiger partial charge on any atom is -0.746 e. The fourth-order valence-corrected chi connectivity index (χ4v) is 2.49. The molecule has 0 aliphatic carbocycles. The van der Waals surface area contributed by atoms with Crippen LogP contribution in [0.4, 0.5) is 11.6 Å². The van der Waals surface area contributed by atoms with E-state index in [-0.39, 0.29) is 41.2 Å². The summed E-state index contributed by atoms with van der Waals surface area (Å²) < 4.78 is 33.9. The first-order valence-electron chi connectivity index (χ1n) is 6.34. The fourth-order valence-electron chi connectivity index (χ4n) is 1.72. The molecular weight excluding hydrogens is 357 g/mol. The van der Waals surface area contributed by atoms with Gasteiger partial charge in [-0.25, -0.2) is 13.4 Å². The fraction of sp³-hybridized carbons (Fsp3) is 0.545. The van der Waals surface area contributed by atoms with Gasteiger partial charge in [0.15, 0.2) is 0 Å². The van der Waals surface area contributed by atoms with Crippen LogP contribution < -0.4 is 40.6 Å². The normalized spacial score (nSPS) is 17.9. The molecule has 5 unspecified atom stereocenters. The molecule has 0 bridgehead atoms. The van der Waals surface area contributed by atoms with Crippen molar-refractivity contribution in [3.8, 4) is 0 Å². The van der Waals surface area contributed by atoms with Crippen molar-refractivity contribution in [1.82, 2.24) is 4.98 Å². The van der Waals surface area contributed by atoms with Crippen LogP contribution in [0.5, 0.6) is 0 Å². The van der Waals surface area contributed by atoms with Crippen molar-refractivity contribution in [2.45, 2.75) is 29.8 Å². The van der Waals surface area contributed by atoms with Crippen LogP contribution in [0.25, 0.3) is 0 Å². The Hall–Kier alpha value is -0.540. The maximum Gasteiger partial charge on any atom is 1.00 e. The molecular formula is C11H18N3NaO8S. The van der Waals surface area contributed by atoms with Crippen LogP contribution in [-0.4, -0.2) is 79.9 Å². The number of aliphatic hydroxyl groups is 5. The Balaban J connectivity index is 0.00000529. The van der Waals surface area contributed by atoms with Crippen molar-refractivity contribution >= 4 is 21.8 Å². The number of nitrogen functional groups attached to an aromatic ring is 1. The van der Waals surface area contributed by atoms with E-state index in [0.717, 1.165) is 0 Å². The van der Waals surface area contributed by atoms with Crippen LogP contribution in [0.3, 0.4) is 0 Å². The molecule has 1 rings (SSSR count). The second kappa shape index (κ2) is 9.82. The molecule has 1 aromatic heterocycles. The topological polar surface area (TPSA) is 209 Å². The quantitative estimate of drug-likeness (QED) is 0.168. The Morgan fingerprint density at radius 3 is 2.21 bits per heavy atom. The van der Waals surface area contributed by atoms with Crippen LogP contribution in [0.15, 0.2) is 18.2 Å². The molecule has 0 radical (unpaired) electrons. The van der Waals surface area contributed by atoms with Crippen LogP contribution >= 0.6 is 0 Å². The molecule has 1 aromatic rings. The van der Waals surface area contributed by atoms with E-state index in [4.69, 9.17) is 10.8 Å². The van der Waals surface area contributed by atoms with Crippen molar-refractivity contribution in [2.24, 2.45) is 0 Å². The maximum atomic E-state index is 11.3. The largest absolute Gasteiger partial charge is 1.00 e. The van der Waals surface area contributed by atoms with Gasteiger partial charge in [0, 0.05) is 0 Å². The Morgan fingerprint density at radius 1 is 1.17 bits per heavy atom. The van der Waals surface area contributed by atoms with Crippen molar-refractivity contribution in [2.75, 3.05) is 17.7 Å².